The number of hydrogen-bond donors (Lipinski definition) is 3. The molecule has 0 amide bonds. The molecule has 0 aliphatic heterocycles. The van der Waals surface area contributed by atoms with Gasteiger partial charge in [0.15, 0.2) is 0 Å². The van der Waals surface area contributed by atoms with Gasteiger partial charge in [-0.3, -0.25) is 4.79 Å². The number of aryl methyl sites for hydroxylation is 1. The zero-order valence-electron chi connectivity index (χ0n) is 13.8. The number of aromatic amines is 1. The van der Waals surface area contributed by atoms with Gasteiger partial charge in [-0.1, -0.05) is 35.5 Å². The van der Waals surface area contributed by atoms with Crippen LogP contribution in [0.3, 0.4) is 0 Å². The molecule has 1 heterocycles. The van der Waals surface area contributed by atoms with E-state index in [-0.39, 0.29) is 5.56 Å². The molecule has 23 heavy (non-hydrogen) atoms. The van der Waals surface area contributed by atoms with Crippen LogP contribution < -0.4 is 10.9 Å². The summed E-state index contributed by atoms with van der Waals surface area (Å²) in [5.74, 6) is 0.523. The summed E-state index contributed by atoms with van der Waals surface area (Å²) in [7, 11) is 0. The minimum atomic E-state index is -0.216. The maximum absolute atomic E-state index is 11.9. The van der Waals surface area contributed by atoms with Crippen LogP contribution in [0.25, 0.3) is 0 Å². The summed E-state index contributed by atoms with van der Waals surface area (Å²) < 4.78 is 0. The summed E-state index contributed by atoms with van der Waals surface area (Å²) in [6.07, 6.45) is 14.0. The molecule has 1 aromatic rings. The molecule has 2 rings (SSSR count). The molecule has 5 nitrogen and oxygen atoms in total. The Morgan fingerprint density at radius 1 is 1.30 bits per heavy atom. The van der Waals surface area contributed by atoms with E-state index in [9.17, 15) is 4.79 Å². The molecule has 3 N–H and O–H groups in total. The highest BCUT2D eigenvalue weighted by Gasteiger charge is 2.07. The van der Waals surface area contributed by atoms with E-state index in [1.165, 1.54) is 11.1 Å². The fourth-order valence-corrected chi connectivity index (χ4v) is 2.51. The van der Waals surface area contributed by atoms with Crippen LogP contribution in [0.5, 0.6) is 0 Å². The molecule has 1 aromatic heterocycles. The highest BCUT2D eigenvalue weighted by atomic mass is 16.1. The van der Waals surface area contributed by atoms with Crippen molar-refractivity contribution in [3.63, 3.8) is 0 Å². The van der Waals surface area contributed by atoms with E-state index in [0.717, 1.165) is 31.9 Å². The lowest BCUT2D eigenvalue weighted by atomic mass is 10.1. The average Bonchev–Trinajstić information content (AvgIpc) is 2.73. The van der Waals surface area contributed by atoms with Crippen LogP contribution in [-0.4, -0.2) is 22.7 Å². The van der Waals surface area contributed by atoms with E-state index in [4.69, 9.17) is 5.41 Å². The third kappa shape index (κ3) is 5.06. The zero-order chi connectivity index (χ0) is 16.7. The Morgan fingerprint density at radius 2 is 2.13 bits per heavy atom. The van der Waals surface area contributed by atoms with Crippen molar-refractivity contribution in [2.75, 3.05) is 11.9 Å². The van der Waals surface area contributed by atoms with Crippen molar-refractivity contribution in [1.82, 2.24) is 9.97 Å². The lowest BCUT2D eigenvalue weighted by Gasteiger charge is -2.08. The molecule has 0 fully saturated rings. The van der Waals surface area contributed by atoms with Crippen molar-refractivity contribution in [1.29, 1.82) is 5.41 Å². The monoisotopic (exact) mass is 312 g/mol. The van der Waals surface area contributed by atoms with Crippen molar-refractivity contribution >= 4 is 11.9 Å². The van der Waals surface area contributed by atoms with Crippen molar-refractivity contribution in [2.45, 2.75) is 39.5 Å². The molecule has 0 aromatic carbocycles. The van der Waals surface area contributed by atoms with Crippen molar-refractivity contribution in [3.05, 3.63) is 57.3 Å². The highest BCUT2D eigenvalue weighted by molar-refractivity contribution is 5.82. The van der Waals surface area contributed by atoms with Gasteiger partial charge in [-0.2, -0.15) is 0 Å². The average molecular weight is 312 g/mol. The van der Waals surface area contributed by atoms with Crippen LogP contribution in [-0.2, 0) is 0 Å². The Bertz CT molecular complexity index is 710. The van der Waals surface area contributed by atoms with Crippen LogP contribution in [0.1, 0.15) is 44.1 Å². The van der Waals surface area contributed by atoms with Crippen LogP contribution in [0.15, 0.2) is 40.2 Å². The fraction of sp³-hybridized carbons (Fsp3) is 0.389. The Hall–Kier alpha value is -2.43. The van der Waals surface area contributed by atoms with Crippen LogP contribution >= 0.6 is 0 Å². The first kappa shape index (κ1) is 16.9. The SMILES string of the molecule is CC1=CCC=C(CCCCNc2c(C=N)nc(C)[nH]c2=O)C=C1. The fourth-order valence-electron chi connectivity index (χ4n) is 2.51. The largest absolute Gasteiger partial charge is 0.379 e. The second-order valence-corrected chi connectivity index (χ2v) is 5.74. The topological polar surface area (TPSA) is 81.6 Å². The third-order valence-corrected chi connectivity index (χ3v) is 3.78. The maximum Gasteiger partial charge on any atom is 0.274 e. The summed E-state index contributed by atoms with van der Waals surface area (Å²) in [6, 6.07) is 0. The van der Waals surface area contributed by atoms with E-state index in [0.29, 0.717) is 23.8 Å². The van der Waals surface area contributed by atoms with Gasteiger partial charge in [-0.15, -0.1) is 0 Å². The van der Waals surface area contributed by atoms with Gasteiger partial charge in [0, 0.05) is 12.8 Å². The van der Waals surface area contributed by atoms with Crippen molar-refractivity contribution in [2.24, 2.45) is 0 Å². The Morgan fingerprint density at radius 3 is 2.91 bits per heavy atom. The molecular weight excluding hydrogens is 288 g/mol. The van der Waals surface area contributed by atoms with Gasteiger partial charge in [-0.25, -0.2) is 4.98 Å². The number of nitrogens with one attached hydrogen (secondary N) is 3. The summed E-state index contributed by atoms with van der Waals surface area (Å²) in [6.45, 7) is 4.52. The number of nitrogens with zero attached hydrogens (tertiary/aromatic N) is 1. The second kappa shape index (κ2) is 8.27. The lowest BCUT2D eigenvalue weighted by Crippen LogP contribution is -2.20. The van der Waals surface area contributed by atoms with Crippen LogP contribution in [0.2, 0.25) is 0 Å². The van der Waals surface area contributed by atoms with Crippen molar-refractivity contribution in [3.8, 4) is 0 Å². The Kier molecular flexibility index (Phi) is 6.09. The molecule has 0 saturated heterocycles. The number of aromatic nitrogens is 2. The number of allylic oxidation sites excluding steroid dienone is 6. The van der Waals surface area contributed by atoms with Crippen LogP contribution in [0.4, 0.5) is 5.69 Å². The number of H-pyrrole nitrogens is 1. The highest BCUT2D eigenvalue weighted by Crippen LogP contribution is 2.15. The minimum Gasteiger partial charge on any atom is -0.379 e. The Balaban J connectivity index is 1.81. The first-order chi connectivity index (χ1) is 11.1. The Labute approximate surface area is 136 Å². The summed E-state index contributed by atoms with van der Waals surface area (Å²) in [4.78, 5) is 18.7. The number of anilines is 1. The molecule has 0 bridgehead atoms. The van der Waals surface area contributed by atoms with E-state index in [1.807, 2.05) is 0 Å². The molecule has 122 valence electrons. The standard InChI is InChI=1S/C18H24N4O/c1-13-6-5-8-15(10-9-13)7-3-4-11-20-17-16(12-19)21-14(2)22-18(17)23/h6,8-10,12,19-20H,3-5,7,11H2,1-2H3,(H,21,22,23). The van der Waals surface area contributed by atoms with Gasteiger partial charge in [-0.05, 0) is 39.5 Å². The quantitative estimate of drug-likeness (QED) is 0.532. The van der Waals surface area contributed by atoms with Gasteiger partial charge >= 0.3 is 0 Å². The molecular formula is C18H24N4O. The van der Waals surface area contributed by atoms with Crippen LogP contribution in [0, 0.1) is 12.3 Å². The molecule has 0 spiro atoms. The van der Waals surface area contributed by atoms with E-state index < -0.39 is 0 Å². The van der Waals surface area contributed by atoms with E-state index in [1.54, 1.807) is 6.92 Å². The molecule has 1 aliphatic carbocycles. The molecule has 5 heteroatoms. The van der Waals surface area contributed by atoms with Gasteiger partial charge in [0.2, 0.25) is 0 Å². The first-order valence-electron chi connectivity index (χ1n) is 7.99. The van der Waals surface area contributed by atoms with Gasteiger partial charge in [0.05, 0.1) is 0 Å². The molecule has 0 atom stereocenters. The predicted octanol–water partition coefficient (Wildman–Crippen LogP) is 3.49. The number of rotatable bonds is 7. The van der Waals surface area contributed by atoms with Gasteiger partial charge < -0.3 is 15.7 Å². The summed E-state index contributed by atoms with van der Waals surface area (Å²) in [5.41, 5.74) is 3.24. The van der Waals surface area contributed by atoms with Gasteiger partial charge in [0.25, 0.3) is 5.56 Å². The molecule has 0 radical (unpaired) electrons. The number of hydrogen-bond acceptors (Lipinski definition) is 4. The summed E-state index contributed by atoms with van der Waals surface area (Å²) >= 11 is 0. The molecule has 1 aliphatic rings. The normalized spacial score (nSPS) is 14.0. The van der Waals surface area contributed by atoms with E-state index >= 15 is 0 Å². The second-order valence-electron chi connectivity index (χ2n) is 5.74. The van der Waals surface area contributed by atoms with Crippen molar-refractivity contribution < 1.29 is 0 Å². The van der Waals surface area contributed by atoms with Gasteiger partial charge in [0.1, 0.15) is 17.2 Å². The minimum absolute atomic E-state index is 0.216. The third-order valence-electron chi connectivity index (χ3n) is 3.78. The molecule has 0 unspecified atom stereocenters. The number of unbranched alkanes of at least 4 members (excludes halogenated alkanes) is 1. The predicted molar refractivity (Wildman–Crippen MR) is 95.4 cm³/mol. The first-order valence-corrected chi connectivity index (χ1v) is 7.99. The molecule has 0 saturated carbocycles. The lowest BCUT2D eigenvalue weighted by molar-refractivity contribution is 0.762. The van der Waals surface area contributed by atoms with E-state index in [2.05, 4.69) is 46.5 Å². The smallest absolute Gasteiger partial charge is 0.274 e. The summed E-state index contributed by atoms with van der Waals surface area (Å²) in [5, 5.41) is 10.5. The maximum atomic E-state index is 11.9. The zero-order valence-corrected chi connectivity index (χ0v) is 13.8.